The fraction of sp³-hybridized carbons (Fsp3) is 0.364. The zero-order valence-corrected chi connectivity index (χ0v) is 20.1. The number of nitro groups is 1. The van der Waals surface area contributed by atoms with Crippen LogP contribution in [0.3, 0.4) is 0 Å². The lowest BCUT2D eigenvalue weighted by Gasteiger charge is -2.29. The third-order valence-corrected chi connectivity index (χ3v) is 5.25. The molecule has 0 heterocycles. The minimum atomic E-state index is -0.818. The lowest BCUT2D eigenvalue weighted by atomic mass is 10.1. The van der Waals surface area contributed by atoms with Gasteiger partial charge in [0.2, 0.25) is 11.7 Å². The molecule has 0 aliphatic rings. The Morgan fingerprint density at radius 3 is 2.42 bits per heavy atom. The maximum absolute atomic E-state index is 13.1. The molecule has 0 aliphatic heterocycles. The third kappa shape index (κ3) is 7.23. The number of nitrogens with one attached hydrogen (secondary N) is 1. The third-order valence-electron chi connectivity index (χ3n) is 4.66. The fourth-order valence-electron chi connectivity index (χ4n) is 2.95. The van der Waals surface area contributed by atoms with E-state index in [1.807, 2.05) is 13.8 Å². The van der Waals surface area contributed by atoms with Gasteiger partial charge in [-0.2, -0.15) is 0 Å². The first-order valence-corrected chi connectivity index (χ1v) is 10.8. The molecule has 2 rings (SSSR count). The number of nitrogens with zero attached hydrogens (tertiary/aromatic N) is 2. The normalized spacial score (nSPS) is 11.6. The topological polar surface area (TPSA) is 111 Å². The summed E-state index contributed by atoms with van der Waals surface area (Å²) in [5.74, 6) is -0.612. The predicted molar refractivity (Wildman–Crippen MR) is 125 cm³/mol. The minimum Gasteiger partial charge on any atom is -0.490 e. The number of nitro benzene ring substituents is 1. The van der Waals surface area contributed by atoms with E-state index in [1.54, 1.807) is 25.1 Å². The van der Waals surface area contributed by atoms with Crippen LogP contribution in [0.1, 0.15) is 26.3 Å². The fourth-order valence-corrected chi connectivity index (χ4v) is 3.42. The quantitative estimate of drug-likeness (QED) is 0.388. The highest BCUT2D eigenvalue weighted by atomic mass is 35.5. The largest absolute Gasteiger partial charge is 0.490 e. The van der Waals surface area contributed by atoms with E-state index in [-0.39, 0.29) is 35.7 Å². The number of benzene rings is 2. The molecule has 0 fully saturated rings. The number of carbonyl (C=O) groups excluding carboxylic acids is 2. The first kappa shape index (κ1) is 26.2. The van der Waals surface area contributed by atoms with Crippen LogP contribution < -0.4 is 14.8 Å². The van der Waals surface area contributed by atoms with E-state index in [4.69, 9.17) is 32.7 Å². The highest BCUT2D eigenvalue weighted by molar-refractivity contribution is 6.35. The highest BCUT2D eigenvalue weighted by Gasteiger charge is 2.27. The Balaban J connectivity index is 2.23. The molecule has 33 heavy (non-hydrogen) atoms. The number of hydrogen-bond acceptors (Lipinski definition) is 6. The van der Waals surface area contributed by atoms with Crippen molar-refractivity contribution in [3.63, 3.8) is 0 Å². The molecule has 2 aromatic carbocycles. The maximum Gasteiger partial charge on any atom is 0.311 e. The van der Waals surface area contributed by atoms with Gasteiger partial charge in [-0.3, -0.25) is 19.7 Å². The SMILES string of the molecule is COc1cc(OCC(=O)N(Cc2ccc(Cl)cc2Cl)C(C)C(=O)NC(C)C)ccc1[N+](=O)[O-]. The average Bonchev–Trinajstić information content (AvgIpc) is 2.75. The zero-order valence-electron chi connectivity index (χ0n) is 18.6. The Morgan fingerprint density at radius 1 is 1.15 bits per heavy atom. The van der Waals surface area contributed by atoms with Crippen LogP contribution in [-0.2, 0) is 16.1 Å². The van der Waals surface area contributed by atoms with E-state index in [0.29, 0.717) is 15.6 Å². The molecule has 0 saturated carbocycles. The summed E-state index contributed by atoms with van der Waals surface area (Å²) in [7, 11) is 1.30. The van der Waals surface area contributed by atoms with Crippen LogP contribution in [0.15, 0.2) is 36.4 Å². The molecule has 0 aromatic heterocycles. The second-order valence-electron chi connectivity index (χ2n) is 7.48. The van der Waals surface area contributed by atoms with Gasteiger partial charge in [0.25, 0.3) is 5.91 Å². The molecular formula is C22H25Cl2N3O6. The molecule has 2 amide bonds. The summed E-state index contributed by atoms with van der Waals surface area (Å²) in [6, 6.07) is 7.86. The summed E-state index contributed by atoms with van der Waals surface area (Å²) in [6.07, 6.45) is 0. The molecule has 1 atom stereocenters. The zero-order chi connectivity index (χ0) is 24.7. The second kappa shape index (κ2) is 11.7. The van der Waals surface area contributed by atoms with E-state index in [1.165, 1.54) is 30.2 Å². The van der Waals surface area contributed by atoms with Crippen LogP contribution in [0.4, 0.5) is 5.69 Å². The van der Waals surface area contributed by atoms with Crippen LogP contribution in [0.2, 0.25) is 10.0 Å². The van der Waals surface area contributed by atoms with Gasteiger partial charge in [-0.1, -0.05) is 29.3 Å². The average molecular weight is 498 g/mol. The minimum absolute atomic E-state index is 0.000527. The number of methoxy groups -OCH3 is 1. The molecule has 1 N–H and O–H groups in total. The lowest BCUT2D eigenvalue weighted by molar-refractivity contribution is -0.385. The van der Waals surface area contributed by atoms with Gasteiger partial charge < -0.3 is 19.7 Å². The van der Waals surface area contributed by atoms with Gasteiger partial charge in [0, 0.05) is 34.8 Å². The van der Waals surface area contributed by atoms with Gasteiger partial charge in [-0.25, -0.2) is 0 Å². The Kier molecular flexibility index (Phi) is 9.31. The Labute approximate surface area is 201 Å². The monoisotopic (exact) mass is 497 g/mol. The molecule has 0 radical (unpaired) electrons. The Morgan fingerprint density at radius 2 is 1.85 bits per heavy atom. The summed E-state index contributed by atoms with van der Waals surface area (Å²) in [4.78, 5) is 37.5. The first-order valence-electron chi connectivity index (χ1n) is 10.0. The molecular weight excluding hydrogens is 473 g/mol. The first-order chi connectivity index (χ1) is 15.5. The van der Waals surface area contributed by atoms with Crippen LogP contribution >= 0.6 is 23.2 Å². The summed E-state index contributed by atoms with van der Waals surface area (Å²) in [6.45, 7) is 4.88. The van der Waals surface area contributed by atoms with Gasteiger partial charge in [0.15, 0.2) is 6.61 Å². The molecule has 0 aliphatic carbocycles. The molecule has 0 saturated heterocycles. The lowest BCUT2D eigenvalue weighted by Crippen LogP contribution is -2.50. The summed E-state index contributed by atoms with van der Waals surface area (Å²) >= 11 is 12.2. The number of hydrogen-bond donors (Lipinski definition) is 1. The summed E-state index contributed by atoms with van der Waals surface area (Å²) in [5.41, 5.74) is 0.379. The van der Waals surface area contributed by atoms with Gasteiger partial charge in [0.05, 0.1) is 12.0 Å². The number of halogens is 2. The van der Waals surface area contributed by atoms with Crippen LogP contribution in [-0.4, -0.2) is 47.4 Å². The van der Waals surface area contributed by atoms with Gasteiger partial charge in [-0.15, -0.1) is 0 Å². The molecule has 9 nitrogen and oxygen atoms in total. The van der Waals surface area contributed by atoms with Crippen LogP contribution in [0.5, 0.6) is 11.5 Å². The summed E-state index contributed by atoms with van der Waals surface area (Å²) in [5, 5.41) is 14.6. The number of amides is 2. The smallest absolute Gasteiger partial charge is 0.311 e. The van der Waals surface area contributed by atoms with Crippen molar-refractivity contribution in [1.29, 1.82) is 0 Å². The number of carbonyl (C=O) groups is 2. The van der Waals surface area contributed by atoms with E-state index in [9.17, 15) is 19.7 Å². The van der Waals surface area contributed by atoms with E-state index < -0.39 is 23.5 Å². The predicted octanol–water partition coefficient (Wildman–Crippen LogP) is 4.23. The van der Waals surface area contributed by atoms with E-state index in [2.05, 4.69) is 5.32 Å². The van der Waals surface area contributed by atoms with Crippen molar-refractivity contribution in [3.8, 4) is 11.5 Å². The Hall–Kier alpha value is -3.04. The van der Waals surface area contributed by atoms with Crippen LogP contribution in [0, 0.1) is 10.1 Å². The molecule has 0 bridgehead atoms. The van der Waals surface area contributed by atoms with Crippen LogP contribution in [0.25, 0.3) is 0 Å². The van der Waals surface area contributed by atoms with E-state index in [0.717, 1.165) is 0 Å². The van der Waals surface area contributed by atoms with Crippen molar-refractivity contribution in [2.24, 2.45) is 0 Å². The maximum atomic E-state index is 13.1. The van der Waals surface area contributed by atoms with Crippen molar-refractivity contribution in [2.45, 2.75) is 39.4 Å². The van der Waals surface area contributed by atoms with Crippen molar-refractivity contribution < 1.29 is 24.0 Å². The number of ether oxygens (including phenoxy) is 2. The molecule has 1 unspecified atom stereocenters. The molecule has 178 valence electrons. The number of rotatable bonds is 10. The van der Waals surface area contributed by atoms with Gasteiger partial charge >= 0.3 is 5.69 Å². The van der Waals surface area contributed by atoms with Crippen molar-refractivity contribution in [3.05, 3.63) is 62.1 Å². The standard InChI is InChI=1S/C22H25Cl2N3O6/c1-13(2)25-22(29)14(3)26(11-15-5-6-16(23)9-18(15)24)21(28)12-33-17-7-8-19(27(30)31)20(10-17)32-4/h5-10,13-14H,11-12H2,1-4H3,(H,25,29). The van der Waals surface area contributed by atoms with Crippen molar-refractivity contribution >= 4 is 40.7 Å². The highest BCUT2D eigenvalue weighted by Crippen LogP contribution is 2.31. The van der Waals surface area contributed by atoms with Gasteiger partial charge in [-0.05, 0) is 44.5 Å². The van der Waals surface area contributed by atoms with Gasteiger partial charge in [0.1, 0.15) is 11.8 Å². The molecule has 11 heteroatoms. The van der Waals surface area contributed by atoms with Crippen molar-refractivity contribution in [1.82, 2.24) is 10.2 Å². The van der Waals surface area contributed by atoms with Crippen molar-refractivity contribution in [2.75, 3.05) is 13.7 Å². The molecule has 2 aromatic rings. The second-order valence-corrected chi connectivity index (χ2v) is 8.32. The summed E-state index contributed by atoms with van der Waals surface area (Å²) < 4.78 is 10.6. The molecule has 0 spiro atoms. The Bertz CT molecular complexity index is 1030. The van der Waals surface area contributed by atoms with E-state index >= 15 is 0 Å².